The van der Waals surface area contributed by atoms with Gasteiger partial charge in [0.05, 0.1) is 0 Å². The van der Waals surface area contributed by atoms with Gasteiger partial charge in [-0.05, 0) is 42.4 Å². The van der Waals surface area contributed by atoms with E-state index in [1.54, 1.807) is 0 Å². The molecule has 27 heavy (non-hydrogen) atoms. The topological polar surface area (TPSA) is 79.0 Å². The number of rotatable bonds is 8. The average molecular weight is 398 g/mol. The Hall–Kier alpha value is -1.64. The van der Waals surface area contributed by atoms with E-state index in [0.29, 0.717) is 31.3 Å². The normalized spacial score (nSPS) is 16.7. The van der Waals surface area contributed by atoms with Crippen LogP contribution >= 0.6 is 0 Å². The molecule has 1 N–H and O–H groups in total. The third-order valence-electron chi connectivity index (χ3n) is 4.87. The highest BCUT2D eigenvalue weighted by atomic mass is 32.2. The molecule has 1 saturated heterocycles. The van der Waals surface area contributed by atoms with E-state index in [2.05, 4.69) is 19.2 Å². The van der Waals surface area contributed by atoms with Crippen LogP contribution in [0.15, 0.2) is 24.3 Å². The van der Waals surface area contributed by atoms with Gasteiger partial charge in [-0.1, -0.05) is 26.0 Å². The van der Waals surface area contributed by atoms with Crippen LogP contribution in [0.3, 0.4) is 0 Å². The molecule has 1 aromatic rings. The molecule has 7 nitrogen and oxygen atoms in total. The van der Waals surface area contributed by atoms with Crippen molar-refractivity contribution in [2.24, 2.45) is 5.92 Å². The summed E-state index contributed by atoms with van der Waals surface area (Å²) in [6, 6.07) is 7.77. The van der Waals surface area contributed by atoms with Crippen molar-refractivity contribution in [3.8, 4) is 5.75 Å². The van der Waals surface area contributed by atoms with E-state index in [1.165, 1.54) is 28.3 Å². The Balaban J connectivity index is 1.69. The fourth-order valence-corrected chi connectivity index (χ4v) is 4.12. The standard InChI is InChI=1S/C19H31N3O4S/c1-15(2)17-5-7-18(8-6-17)26-14-19(23)20-13-16-9-11-22(12-10-16)27(24,25)21(3)4/h5-8,15-16H,9-14H2,1-4H3,(H,20,23). The van der Waals surface area contributed by atoms with Crippen LogP contribution in [0.2, 0.25) is 0 Å². The molecule has 0 aliphatic carbocycles. The summed E-state index contributed by atoms with van der Waals surface area (Å²) >= 11 is 0. The first-order chi connectivity index (χ1) is 12.7. The summed E-state index contributed by atoms with van der Waals surface area (Å²) in [5.41, 5.74) is 1.23. The van der Waals surface area contributed by atoms with Gasteiger partial charge in [0.15, 0.2) is 6.61 Å². The smallest absolute Gasteiger partial charge is 0.281 e. The highest BCUT2D eigenvalue weighted by molar-refractivity contribution is 7.86. The lowest BCUT2D eigenvalue weighted by molar-refractivity contribution is -0.123. The summed E-state index contributed by atoms with van der Waals surface area (Å²) in [5.74, 6) is 1.26. The largest absolute Gasteiger partial charge is 0.484 e. The van der Waals surface area contributed by atoms with E-state index in [0.717, 1.165) is 12.8 Å². The number of benzene rings is 1. The number of nitrogens with zero attached hydrogens (tertiary/aromatic N) is 2. The first-order valence-corrected chi connectivity index (χ1v) is 10.8. The van der Waals surface area contributed by atoms with Gasteiger partial charge in [0.25, 0.3) is 16.1 Å². The number of hydrogen-bond donors (Lipinski definition) is 1. The number of piperidine rings is 1. The minimum absolute atomic E-state index is 0.0190. The van der Waals surface area contributed by atoms with E-state index in [9.17, 15) is 13.2 Å². The summed E-state index contributed by atoms with van der Waals surface area (Å²) in [7, 11) is -0.264. The molecule has 1 amide bonds. The Kier molecular flexibility index (Phi) is 7.64. The zero-order chi connectivity index (χ0) is 20.0. The maximum atomic E-state index is 12.1. The second-order valence-electron chi connectivity index (χ2n) is 7.45. The van der Waals surface area contributed by atoms with Gasteiger partial charge in [-0.3, -0.25) is 4.79 Å². The van der Waals surface area contributed by atoms with E-state index in [-0.39, 0.29) is 18.4 Å². The van der Waals surface area contributed by atoms with Crippen molar-refractivity contribution in [2.45, 2.75) is 32.6 Å². The molecule has 1 heterocycles. The van der Waals surface area contributed by atoms with Crippen LogP contribution in [0.25, 0.3) is 0 Å². The SMILES string of the molecule is CC(C)c1ccc(OCC(=O)NCC2CCN(S(=O)(=O)N(C)C)CC2)cc1. The van der Waals surface area contributed by atoms with E-state index < -0.39 is 10.2 Å². The number of hydrogen-bond acceptors (Lipinski definition) is 4. The van der Waals surface area contributed by atoms with Crippen LogP contribution in [0.4, 0.5) is 0 Å². The molecular formula is C19H31N3O4S. The number of ether oxygens (including phenoxy) is 1. The summed E-state index contributed by atoms with van der Waals surface area (Å²) in [6.45, 7) is 5.76. The number of nitrogens with one attached hydrogen (secondary N) is 1. The highest BCUT2D eigenvalue weighted by Crippen LogP contribution is 2.20. The molecule has 0 aromatic heterocycles. The Morgan fingerprint density at radius 3 is 2.33 bits per heavy atom. The molecule has 1 fully saturated rings. The molecule has 152 valence electrons. The maximum Gasteiger partial charge on any atom is 0.281 e. The van der Waals surface area contributed by atoms with Crippen LogP contribution in [0, 0.1) is 5.92 Å². The average Bonchev–Trinajstić information content (AvgIpc) is 2.65. The molecule has 1 aliphatic heterocycles. The fraction of sp³-hybridized carbons (Fsp3) is 0.632. The van der Waals surface area contributed by atoms with E-state index in [4.69, 9.17) is 4.74 Å². The van der Waals surface area contributed by atoms with Gasteiger partial charge in [-0.15, -0.1) is 0 Å². The zero-order valence-corrected chi connectivity index (χ0v) is 17.5. The van der Waals surface area contributed by atoms with Crippen LogP contribution < -0.4 is 10.1 Å². The lowest BCUT2D eigenvalue weighted by Crippen LogP contribution is -2.46. The molecule has 0 unspecified atom stereocenters. The number of amides is 1. The van der Waals surface area contributed by atoms with Crippen LogP contribution in [0.1, 0.15) is 38.2 Å². The minimum Gasteiger partial charge on any atom is -0.484 e. The van der Waals surface area contributed by atoms with Gasteiger partial charge in [-0.2, -0.15) is 17.0 Å². The molecule has 0 radical (unpaired) electrons. The third kappa shape index (κ3) is 6.19. The van der Waals surface area contributed by atoms with Gasteiger partial charge in [0.2, 0.25) is 0 Å². The molecule has 0 bridgehead atoms. The van der Waals surface area contributed by atoms with Crippen LogP contribution in [0.5, 0.6) is 5.75 Å². The first-order valence-electron chi connectivity index (χ1n) is 9.37. The Morgan fingerprint density at radius 1 is 1.22 bits per heavy atom. The summed E-state index contributed by atoms with van der Waals surface area (Å²) < 4.78 is 32.5. The summed E-state index contributed by atoms with van der Waals surface area (Å²) in [6.07, 6.45) is 1.48. The van der Waals surface area contributed by atoms with Crippen molar-refractivity contribution >= 4 is 16.1 Å². The third-order valence-corrected chi connectivity index (χ3v) is 6.81. The predicted octanol–water partition coefficient (Wildman–Crippen LogP) is 1.82. The monoisotopic (exact) mass is 397 g/mol. The number of carbonyl (C=O) groups excluding carboxylic acids is 1. The fourth-order valence-electron chi connectivity index (χ4n) is 2.98. The van der Waals surface area contributed by atoms with Crippen LogP contribution in [-0.4, -0.2) is 63.3 Å². The Bertz CT molecular complexity index is 709. The molecule has 0 spiro atoms. The van der Waals surface area contributed by atoms with Crippen molar-refractivity contribution in [3.05, 3.63) is 29.8 Å². The quantitative estimate of drug-likeness (QED) is 0.726. The van der Waals surface area contributed by atoms with Crippen molar-refractivity contribution in [3.63, 3.8) is 0 Å². The highest BCUT2D eigenvalue weighted by Gasteiger charge is 2.29. The lowest BCUT2D eigenvalue weighted by atomic mass is 9.98. The van der Waals surface area contributed by atoms with E-state index >= 15 is 0 Å². The molecule has 1 aliphatic rings. The molecular weight excluding hydrogens is 366 g/mol. The molecule has 2 rings (SSSR count). The van der Waals surface area contributed by atoms with Gasteiger partial charge in [-0.25, -0.2) is 0 Å². The lowest BCUT2D eigenvalue weighted by Gasteiger charge is -2.32. The van der Waals surface area contributed by atoms with Crippen molar-refractivity contribution in [2.75, 3.05) is 40.3 Å². The molecule has 0 saturated carbocycles. The number of carbonyl (C=O) groups is 1. The summed E-state index contributed by atoms with van der Waals surface area (Å²) in [4.78, 5) is 12.0. The van der Waals surface area contributed by atoms with Crippen molar-refractivity contribution in [1.29, 1.82) is 0 Å². The minimum atomic E-state index is -3.34. The van der Waals surface area contributed by atoms with Gasteiger partial charge >= 0.3 is 0 Å². The van der Waals surface area contributed by atoms with Crippen molar-refractivity contribution in [1.82, 2.24) is 13.9 Å². The predicted molar refractivity (Wildman–Crippen MR) is 106 cm³/mol. The Morgan fingerprint density at radius 2 is 1.81 bits per heavy atom. The van der Waals surface area contributed by atoms with Gasteiger partial charge in [0.1, 0.15) is 5.75 Å². The Labute approximate surface area is 162 Å². The second kappa shape index (κ2) is 9.52. The second-order valence-corrected chi connectivity index (χ2v) is 9.59. The van der Waals surface area contributed by atoms with Crippen LogP contribution in [-0.2, 0) is 15.0 Å². The maximum absolute atomic E-state index is 12.1. The zero-order valence-electron chi connectivity index (χ0n) is 16.6. The molecule has 0 atom stereocenters. The van der Waals surface area contributed by atoms with Gasteiger partial charge < -0.3 is 10.1 Å². The molecule has 8 heteroatoms. The van der Waals surface area contributed by atoms with Gasteiger partial charge in [0, 0.05) is 33.7 Å². The first kappa shape index (κ1) is 21.7. The van der Waals surface area contributed by atoms with Crippen molar-refractivity contribution < 1.29 is 17.9 Å². The summed E-state index contributed by atoms with van der Waals surface area (Å²) in [5, 5.41) is 2.89. The molecule has 1 aromatic carbocycles. The van der Waals surface area contributed by atoms with E-state index in [1.807, 2.05) is 24.3 Å².